The van der Waals surface area contributed by atoms with Crippen molar-refractivity contribution < 1.29 is 17.6 Å². The van der Waals surface area contributed by atoms with Crippen LogP contribution in [0.3, 0.4) is 0 Å². The first-order chi connectivity index (χ1) is 8.86. The standard InChI is InChI=1S/C10H13ClF4N4/c1-2-3-16-9-17-4-6(11)7(19-9)18-5-10(14,15)8(12)13/h4,8H,2-3,5H2,1H3,(H2,16,17,18,19). The van der Waals surface area contributed by atoms with Crippen LogP contribution in [0.15, 0.2) is 6.20 Å². The second-order valence-electron chi connectivity index (χ2n) is 3.73. The summed E-state index contributed by atoms with van der Waals surface area (Å²) in [6, 6.07) is 0. The van der Waals surface area contributed by atoms with E-state index in [-0.39, 0.29) is 16.8 Å². The van der Waals surface area contributed by atoms with Crippen LogP contribution in [0.5, 0.6) is 0 Å². The van der Waals surface area contributed by atoms with Gasteiger partial charge in [0.2, 0.25) is 5.95 Å². The van der Waals surface area contributed by atoms with E-state index in [4.69, 9.17) is 11.6 Å². The maximum atomic E-state index is 12.8. The highest BCUT2D eigenvalue weighted by molar-refractivity contribution is 6.32. The topological polar surface area (TPSA) is 49.8 Å². The molecule has 1 aromatic rings. The first-order valence-corrected chi connectivity index (χ1v) is 5.91. The Labute approximate surface area is 112 Å². The largest absolute Gasteiger partial charge is 0.362 e. The third kappa shape index (κ3) is 4.70. The lowest BCUT2D eigenvalue weighted by Gasteiger charge is -2.16. The first-order valence-electron chi connectivity index (χ1n) is 5.53. The minimum atomic E-state index is -4.15. The number of halogens is 5. The highest BCUT2D eigenvalue weighted by Crippen LogP contribution is 2.25. The van der Waals surface area contributed by atoms with Crippen LogP contribution in [-0.4, -0.2) is 35.4 Å². The Morgan fingerprint density at radius 2 is 2.05 bits per heavy atom. The normalized spacial score (nSPS) is 11.7. The summed E-state index contributed by atoms with van der Waals surface area (Å²) in [5, 5.41) is 4.90. The van der Waals surface area contributed by atoms with Gasteiger partial charge >= 0.3 is 12.3 Å². The number of aromatic nitrogens is 2. The van der Waals surface area contributed by atoms with Crippen molar-refractivity contribution in [3.63, 3.8) is 0 Å². The van der Waals surface area contributed by atoms with Crippen molar-refractivity contribution in [1.29, 1.82) is 0 Å². The molecule has 0 fully saturated rings. The number of hydrogen-bond acceptors (Lipinski definition) is 4. The van der Waals surface area contributed by atoms with Gasteiger partial charge < -0.3 is 10.6 Å². The van der Waals surface area contributed by atoms with E-state index >= 15 is 0 Å². The molecule has 0 aliphatic rings. The molecule has 0 aromatic carbocycles. The van der Waals surface area contributed by atoms with Crippen LogP contribution in [-0.2, 0) is 0 Å². The van der Waals surface area contributed by atoms with Crippen LogP contribution in [0.1, 0.15) is 13.3 Å². The van der Waals surface area contributed by atoms with Gasteiger partial charge in [0.25, 0.3) is 0 Å². The molecule has 0 radical (unpaired) electrons. The predicted molar refractivity (Wildman–Crippen MR) is 65.3 cm³/mol. The van der Waals surface area contributed by atoms with Crippen LogP contribution >= 0.6 is 11.6 Å². The number of alkyl halides is 4. The first kappa shape index (κ1) is 15.7. The van der Waals surface area contributed by atoms with Crippen molar-refractivity contribution in [3.8, 4) is 0 Å². The van der Waals surface area contributed by atoms with Crippen molar-refractivity contribution in [1.82, 2.24) is 9.97 Å². The van der Waals surface area contributed by atoms with E-state index in [1.165, 1.54) is 6.20 Å². The highest BCUT2D eigenvalue weighted by atomic mass is 35.5. The molecule has 1 heterocycles. The molecule has 0 spiro atoms. The molecule has 0 amide bonds. The zero-order valence-corrected chi connectivity index (χ0v) is 10.8. The van der Waals surface area contributed by atoms with Crippen LogP contribution in [0.25, 0.3) is 0 Å². The number of nitrogens with one attached hydrogen (secondary N) is 2. The summed E-state index contributed by atoms with van der Waals surface area (Å²) >= 11 is 5.69. The van der Waals surface area contributed by atoms with Gasteiger partial charge in [-0.2, -0.15) is 13.8 Å². The Morgan fingerprint density at radius 1 is 1.37 bits per heavy atom. The number of anilines is 2. The van der Waals surface area contributed by atoms with Gasteiger partial charge in [0.05, 0.1) is 12.7 Å². The van der Waals surface area contributed by atoms with Crippen LogP contribution < -0.4 is 10.6 Å². The fraction of sp³-hybridized carbons (Fsp3) is 0.600. The smallest absolute Gasteiger partial charge is 0.324 e. The molecule has 0 aliphatic heterocycles. The minimum absolute atomic E-state index is 0.0212. The average Bonchev–Trinajstić information content (AvgIpc) is 2.36. The van der Waals surface area contributed by atoms with Crippen molar-refractivity contribution in [2.45, 2.75) is 25.7 Å². The monoisotopic (exact) mass is 300 g/mol. The zero-order chi connectivity index (χ0) is 14.5. The lowest BCUT2D eigenvalue weighted by molar-refractivity contribution is -0.117. The lowest BCUT2D eigenvalue weighted by atomic mass is 10.3. The third-order valence-corrected chi connectivity index (χ3v) is 2.36. The van der Waals surface area contributed by atoms with Crippen molar-refractivity contribution in [3.05, 3.63) is 11.2 Å². The molecule has 9 heteroatoms. The molecular formula is C10H13ClF4N4. The summed E-state index contributed by atoms with van der Waals surface area (Å²) in [7, 11) is 0. The minimum Gasteiger partial charge on any atom is -0.362 e. The molecule has 0 saturated carbocycles. The molecule has 4 nitrogen and oxygen atoms in total. The molecular weight excluding hydrogens is 288 g/mol. The Morgan fingerprint density at radius 3 is 2.63 bits per heavy atom. The van der Waals surface area contributed by atoms with E-state index in [9.17, 15) is 17.6 Å². The fourth-order valence-corrected chi connectivity index (χ4v) is 1.25. The Bertz CT molecular complexity index is 417. The van der Waals surface area contributed by atoms with Gasteiger partial charge in [0.15, 0.2) is 5.82 Å². The molecule has 1 aromatic heterocycles. The Balaban J connectivity index is 2.71. The number of rotatable bonds is 7. The van der Waals surface area contributed by atoms with Gasteiger partial charge in [-0.05, 0) is 6.42 Å². The molecule has 1 rings (SSSR count). The Kier molecular flexibility index (Phi) is 5.59. The Hall–Kier alpha value is -1.31. The highest BCUT2D eigenvalue weighted by Gasteiger charge is 2.40. The summed E-state index contributed by atoms with van der Waals surface area (Å²) in [6.07, 6.45) is -1.73. The second kappa shape index (κ2) is 6.74. The van der Waals surface area contributed by atoms with E-state index in [1.54, 1.807) is 0 Å². The second-order valence-corrected chi connectivity index (χ2v) is 4.14. The SMILES string of the molecule is CCCNc1ncc(Cl)c(NCC(F)(F)C(F)F)n1. The van der Waals surface area contributed by atoms with Gasteiger partial charge in [-0.25, -0.2) is 13.8 Å². The molecule has 2 N–H and O–H groups in total. The van der Waals surface area contributed by atoms with Crippen LogP contribution in [0.2, 0.25) is 5.02 Å². The molecule has 0 atom stereocenters. The molecule has 0 unspecified atom stereocenters. The van der Waals surface area contributed by atoms with Gasteiger partial charge in [-0.3, -0.25) is 0 Å². The molecule has 0 bridgehead atoms. The summed E-state index contributed by atoms with van der Waals surface area (Å²) in [4.78, 5) is 7.65. The van der Waals surface area contributed by atoms with Crippen molar-refractivity contribution >= 4 is 23.4 Å². The molecule has 108 valence electrons. The van der Waals surface area contributed by atoms with E-state index in [1.807, 2.05) is 6.92 Å². The van der Waals surface area contributed by atoms with Crippen LogP contribution in [0, 0.1) is 0 Å². The fourth-order valence-electron chi connectivity index (χ4n) is 1.09. The van der Waals surface area contributed by atoms with E-state index in [0.717, 1.165) is 6.42 Å². The van der Waals surface area contributed by atoms with E-state index < -0.39 is 18.9 Å². The van der Waals surface area contributed by atoms with Gasteiger partial charge in [0, 0.05) is 6.54 Å². The lowest BCUT2D eigenvalue weighted by Crippen LogP contribution is -2.35. The molecule has 0 saturated heterocycles. The maximum absolute atomic E-state index is 12.8. The van der Waals surface area contributed by atoms with Crippen molar-refractivity contribution in [2.24, 2.45) is 0 Å². The van der Waals surface area contributed by atoms with E-state index in [2.05, 4.69) is 20.6 Å². The average molecular weight is 301 g/mol. The number of hydrogen-bond donors (Lipinski definition) is 2. The van der Waals surface area contributed by atoms with Gasteiger partial charge in [-0.15, -0.1) is 0 Å². The maximum Gasteiger partial charge on any atom is 0.324 e. The summed E-state index contributed by atoms with van der Waals surface area (Å²) in [6.45, 7) is 1.26. The zero-order valence-electron chi connectivity index (χ0n) is 10.1. The summed E-state index contributed by atoms with van der Waals surface area (Å²) < 4.78 is 49.5. The molecule has 0 aliphatic carbocycles. The quantitative estimate of drug-likeness (QED) is 0.759. The summed E-state index contributed by atoms with van der Waals surface area (Å²) in [5.74, 6) is -4.07. The van der Waals surface area contributed by atoms with E-state index in [0.29, 0.717) is 6.54 Å². The molecule has 19 heavy (non-hydrogen) atoms. The predicted octanol–water partition coefficient (Wildman–Crippen LogP) is 3.26. The van der Waals surface area contributed by atoms with Gasteiger partial charge in [0.1, 0.15) is 5.02 Å². The van der Waals surface area contributed by atoms with Crippen LogP contribution in [0.4, 0.5) is 29.3 Å². The van der Waals surface area contributed by atoms with Crippen molar-refractivity contribution in [2.75, 3.05) is 23.7 Å². The summed E-state index contributed by atoms with van der Waals surface area (Å²) in [5.41, 5.74) is 0. The van der Waals surface area contributed by atoms with Gasteiger partial charge in [-0.1, -0.05) is 18.5 Å². The number of nitrogens with zero attached hydrogens (tertiary/aromatic N) is 2. The third-order valence-electron chi connectivity index (χ3n) is 2.09.